The highest BCUT2D eigenvalue weighted by Crippen LogP contribution is 2.24. The van der Waals surface area contributed by atoms with Crippen molar-refractivity contribution in [1.82, 2.24) is 0 Å². The molecule has 0 bridgehead atoms. The van der Waals surface area contributed by atoms with Crippen molar-refractivity contribution in [3.8, 4) is 0 Å². The molecule has 68 valence electrons. The summed E-state index contributed by atoms with van der Waals surface area (Å²) in [7, 11) is 0. The van der Waals surface area contributed by atoms with Gasteiger partial charge in [0, 0.05) is 22.3 Å². The Kier molecular flexibility index (Phi) is 2.70. The molecule has 1 nitrogen and oxygen atoms in total. The number of halogens is 2. The maximum absolute atomic E-state index is 6.10. The molecule has 0 aliphatic carbocycles. The first-order chi connectivity index (χ1) is 6.27. The van der Waals surface area contributed by atoms with Gasteiger partial charge in [-0.15, -0.1) is 0 Å². The van der Waals surface area contributed by atoms with Gasteiger partial charge < -0.3 is 0 Å². The largest absolute Gasteiger partial charge is 0.289 e. The zero-order valence-corrected chi connectivity index (χ0v) is 9.40. The van der Waals surface area contributed by atoms with Crippen LogP contribution < -0.4 is 0 Å². The molecular formula is C10H9BrClN. The van der Waals surface area contributed by atoms with Crippen molar-refractivity contribution in [2.45, 2.75) is 12.8 Å². The van der Waals surface area contributed by atoms with E-state index in [2.05, 4.69) is 20.9 Å². The molecule has 2 rings (SSSR count). The second kappa shape index (κ2) is 3.81. The second-order valence-electron chi connectivity index (χ2n) is 3.06. The Morgan fingerprint density at radius 3 is 2.85 bits per heavy atom. The Balaban J connectivity index is 2.40. The van der Waals surface area contributed by atoms with E-state index in [1.807, 2.05) is 18.2 Å². The Morgan fingerprint density at radius 2 is 2.23 bits per heavy atom. The van der Waals surface area contributed by atoms with Crippen molar-refractivity contribution in [2.75, 3.05) is 6.54 Å². The van der Waals surface area contributed by atoms with Crippen molar-refractivity contribution in [3.63, 3.8) is 0 Å². The van der Waals surface area contributed by atoms with E-state index in [0.29, 0.717) is 0 Å². The fourth-order valence-corrected chi connectivity index (χ4v) is 2.27. The van der Waals surface area contributed by atoms with E-state index in [4.69, 9.17) is 11.6 Å². The van der Waals surface area contributed by atoms with Crippen LogP contribution in [0.15, 0.2) is 27.7 Å². The Labute approximate surface area is 91.0 Å². The lowest BCUT2D eigenvalue weighted by Gasteiger charge is -2.03. The maximum Gasteiger partial charge on any atom is 0.0507 e. The molecule has 0 N–H and O–H groups in total. The van der Waals surface area contributed by atoms with Crippen LogP contribution in [0, 0.1) is 0 Å². The van der Waals surface area contributed by atoms with Crippen molar-refractivity contribution in [2.24, 2.45) is 4.99 Å². The van der Waals surface area contributed by atoms with Crippen LogP contribution in [0.5, 0.6) is 0 Å². The molecule has 3 heteroatoms. The fourth-order valence-electron chi connectivity index (χ4n) is 1.48. The molecule has 1 aromatic carbocycles. The minimum Gasteiger partial charge on any atom is -0.289 e. The number of aliphatic imine (C=N–C) groups is 1. The first-order valence-corrected chi connectivity index (χ1v) is 5.43. The molecule has 0 saturated carbocycles. The number of hydrogen-bond donors (Lipinski definition) is 0. The molecule has 1 aliphatic heterocycles. The third-order valence-corrected chi connectivity index (χ3v) is 2.92. The highest BCUT2D eigenvalue weighted by atomic mass is 79.9. The summed E-state index contributed by atoms with van der Waals surface area (Å²) in [4.78, 5) is 4.41. The van der Waals surface area contributed by atoms with Crippen LogP contribution in [0.2, 0.25) is 5.02 Å². The molecule has 0 amide bonds. The van der Waals surface area contributed by atoms with Gasteiger partial charge in [0.2, 0.25) is 0 Å². The van der Waals surface area contributed by atoms with Crippen LogP contribution in [0.3, 0.4) is 0 Å². The molecular weight excluding hydrogens is 249 g/mol. The summed E-state index contributed by atoms with van der Waals surface area (Å²) < 4.78 is 1.01. The molecule has 0 unspecified atom stereocenters. The van der Waals surface area contributed by atoms with Gasteiger partial charge in [-0.05, 0) is 25.0 Å². The minimum atomic E-state index is 0.787. The molecule has 0 fully saturated rings. The molecule has 0 aromatic heterocycles. The van der Waals surface area contributed by atoms with Crippen LogP contribution in [-0.4, -0.2) is 12.3 Å². The van der Waals surface area contributed by atoms with Crippen molar-refractivity contribution in [1.29, 1.82) is 0 Å². The van der Waals surface area contributed by atoms with Gasteiger partial charge in [-0.1, -0.05) is 33.6 Å². The predicted octanol–water partition coefficient (Wildman–Crippen LogP) is 3.69. The van der Waals surface area contributed by atoms with Gasteiger partial charge in [0.15, 0.2) is 0 Å². The topological polar surface area (TPSA) is 12.4 Å². The van der Waals surface area contributed by atoms with Crippen molar-refractivity contribution in [3.05, 3.63) is 33.3 Å². The summed E-state index contributed by atoms with van der Waals surface area (Å²) in [5.74, 6) is 0. The number of hydrogen-bond acceptors (Lipinski definition) is 1. The van der Waals surface area contributed by atoms with E-state index < -0.39 is 0 Å². The Bertz CT molecular complexity index is 360. The van der Waals surface area contributed by atoms with Crippen LogP contribution in [0.1, 0.15) is 18.4 Å². The molecule has 1 aromatic rings. The van der Waals surface area contributed by atoms with Crippen LogP contribution in [0.4, 0.5) is 0 Å². The van der Waals surface area contributed by atoms with E-state index >= 15 is 0 Å². The smallest absolute Gasteiger partial charge is 0.0507 e. The van der Waals surface area contributed by atoms with E-state index in [9.17, 15) is 0 Å². The lowest BCUT2D eigenvalue weighted by atomic mass is 10.1. The van der Waals surface area contributed by atoms with Crippen LogP contribution in [-0.2, 0) is 0 Å². The predicted molar refractivity (Wildman–Crippen MR) is 59.8 cm³/mol. The third-order valence-electron chi connectivity index (χ3n) is 2.12. The van der Waals surface area contributed by atoms with E-state index in [-0.39, 0.29) is 0 Å². The minimum absolute atomic E-state index is 0.787. The zero-order chi connectivity index (χ0) is 9.26. The third kappa shape index (κ3) is 1.94. The summed E-state index contributed by atoms with van der Waals surface area (Å²) in [5, 5.41) is 0.787. The van der Waals surface area contributed by atoms with E-state index in [1.165, 1.54) is 0 Å². The first-order valence-electron chi connectivity index (χ1n) is 4.26. The fraction of sp³-hybridized carbons (Fsp3) is 0.300. The van der Waals surface area contributed by atoms with E-state index in [0.717, 1.165) is 40.2 Å². The first kappa shape index (κ1) is 9.22. The van der Waals surface area contributed by atoms with Crippen molar-refractivity contribution < 1.29 is 0 Å². The summed E-state index contributed by atoms with van der Waals surface area (Å²) in [5.41, 5.74) is 2.24. The average Bonchev–Trinajstić information content (AvgIpc) is 2.56. The maximum atomic E-state index is 6.10. The van der Waals surface area contributed by atoms with E-state index in [1.54, 1.807) is 0 Å². The summed E-state index contributed by atoms with van der Waals surface area (Å²) >= 11 is 9.48. The van der Waals surface area contributed by atoms with Crippen LogP contribution >= 0.6 is 27.5 Å². The lowest BCUT2D eigenvalue weighted by molar-refractivity contribution is 0.951. The number of rotatable bonds is 1. The van der Waals surface area contributed by atoms with Gasteiger partial charge in [-0.25, -0.2) is 0 Å². The van der Waals surface area contributed by atoms with Gasteiger partial charge in [-0.3, -0.25) is 4.99 Å². The van der Waals surface area contributed by atoms with Crippen molar-refractivity contribution >= 4 is 33.2 Å². The summed E-state index contributed by atoms with van der Waals surface area (Å²) in [6, 6.07) is 5.94. The normalized spacial score (nSPS) is 16.0. The Morgan fingerprint density at radius 1 is 1.38 bits per heavy atom. The van der Waals surface area contributed by atoms with Gasteiger partial charge >= 0.3 is 0 Å². The number of benzene rings is 1. The molecule has 1 aliphatic rings. The quantitative estimate of drug-likeness (QED) is 0.728. The highest BCUT2D eigenvalue weighted by molar-refractivity contribution is 9.10. The Hall–Kier alpha value is -0.340. The molecule has 13 heavy (non-hydrogen) atoms. The highest BCUT2D eigenvalue weighted by Gasteiger charge is 2.11. The van der Waals surface area contributed by atoms with Gasteiger partial charge in [0.05, 0.1) is 5.02 Å². The summed E-state index contributed by atoms with van der Waals surface area (Å²) in [6.07, 6.45) is 2.21. The monoisotopic (exact) mass is 257 g/mol. The van der Waals surface area contributed by atoms with Gasteiger partial charge in [-0.2, -0.15) is 0 Å². The van der Waals surface area contributed by atoms with Crippen LogP contribution in [0.25, 0.3) is 0 Å². The lowest BCUT2D eigenvalue weighted by Crippen LogP contribution is -1.96. The molecule has 0 atom stereocenters. The molecule has 1 heterocycles. The SMILES string of the molecule is Clc1cc(Br)ccc1C1=NCCC1. The second-order valence-corrected chi connectivity index (χ2v) is 4.38. The standard InChI is InChI=1S/C10H9BrClN/c11-7-3-4-8(9(12)6-7)10-2-1-5-13-10/h3-4,6H,1-2,5H2. The average molecular weight is 259 g/mol. The van der Waals surface area contributed by atoms with Gasteiger partial charge in [0.1, 0.15) is 0 Å². The number of nitrogens with zero attached hydrogens (tertiary/aromatic N) is 1. The zero-order valence-electron chi connectivity index (χ0n) is 7.06. The molecule has 0 spiro atoms. The molecule has 0 radical (unpaired) electrons. The summed E-state index contributed by atoms with van der Waals surface area (Å²) in [6.45, 7) is 0.946. The molecule has 0 saturated heterocycles. The van der Waals surface area contributed by atoms with Gasteiger partial charge in [0.25, 0.3) is 0 Å².